The number of hydrogen-bond acceptors (Lipinski definition) is 4. The van der Waals surface area contributed by atoms with Crippen LogP contribution in [-0.2, 0) is 4.79 Å². The van der Waals surface area contributed by atoms with Gasteiger partial charge < -0.3 is 10.0 Å². The molecule has 3 heterocycles. The van der Waals surface area contributed by atoms with Crippen molar-refractivity contribution in [3.05, 3.63) is 66.0 Å². The van der Waals surface area contributed by atoms with E-state index < -0.39 is 5.97 Å². The van der Waals surface area contributed by atoms with Crippen LogP contribution in [0.4, 0.5) is 0 Å². The van der Waals surface area contributed by atoms with Crippen molar-refractivity contribution in [3.8, 4) is 0 Å². The third kappa shape index (κ3) is 5.36. The molecule has 5 heteroatoms. The first-order chi connectivity index (χ1) is 16.7. The number of aromatic nitrogens is 1. The molecule has 5 nitrogen and oxygen atoms in total. The Morgan fingerprint density at radius 2 is 1.68 bits per heavy atom. The number of hydrogen-bond donors (Lipinski definition) is 1. The minimum atomic E-state index is -0.614. The summed E-state index contributed by atoms with van der Waals surface area (Å²) >= 11 is 0. The zero-order valence-electron chi connectivity index (χ0n) is 20.3. The molecule has 1 unspecified atom stereocenters. The van der Waals surface area contributed by atoms with Crippen molar-refractivity contribution < 1.29 is 9.90 Å². The summed E-state index contributed by atoms with van der Waals surface area (Å²) in [7, 11) is 0. The Hall–Kier alpha value is -2.24. The molecular weight excluding hydrogens is 422 g/mol. The molecule has 1 aromatic heterocycles. The Bertz CT molecular complexity index is 907. The van der Waals surface area contributed by atoms with Crippen molar-refractivity contribution in [1.82, 2.24) is 14.8 Å². The summed E-state index contributed by atoms with van der Waals surface area (Å²) in [6, 6.07) is 14.8. The van der Waals surface area contributed by atoms with Crippen LogP contribution in [0.1, 0.15) is 67.9 Å². The average molecular weight is 462 g/mol. The molecule has 1 aliphatic carbocycles. The van der Waals surface area contributed by atoms with Crippen LogP contribution in [0.25, 0.3) is 0 Å². The fourth-order valence-corrected chi connectivity index (χ4v) is 6.90. The first-order valence-corrected chi connectivity index (χ1v) is 13.3. The second-order valence-corrected chi connectivity index (χ2v) is 10.8. The van der Waals surface area contributed by atoms with E-state index in [1.54, 1.807) is 0 Å². The van der Waals surface area contributed by atoms with Gasteiger partial charge >= 0.3 is 5.97 Å². The SMILES string of the molecule is O=C(O)[C@@H](C1CCCCC1)N1CC(c2ccccc2)[C@@H](CN2CCC(c3cccnc3)CC2)C1. The van der Waals surface area contributed by atoms with Gasteiger partial charge in [0.25, 0.3) is 0 Å². The molecule has 0 radical (unpaired) electrons. The lowest BCUT2D eigenvalue weighted by Crippen LogP contribution is -2.46. The predicted octanol–water partition coefficient (Wildman–Crippen LogP) is 5.01. The van der Waals surface area contributed by atoms with E-state index in [9.17, 15) is 9.90 Å². The fourth-order valence-electron chi connectivity index (χ4n) is 6.90. The second-order valence-electron chi connectivity index (χ2n) is 10.8. The van der Waals surface area contributed by atoms with Gasteiger partial charge in [-0.05, 0) is 73.7 Å². The largest absolute Gasteiger partial charge is 0.480 e. The molecule has 1 N–H and O–H groups in total. The summed E-state index contributed by atoms with van der Waals surface area (Å²) in [5.41, 5.74) is 2.74. The highest BCUT2D eigenvalue weighted by Gasteiger charge is 2.43. The normalized spacial score (nSPS) is 26.5. The number of aliphatic carboxylic acids is 1. The Labute approximate surface area is 204 Å². The molecule has 2 aliphatic heterocycles. The van der Waals surface area contributed by atoms with Crippen LogP contribution in [0.15, 0.2) is 54.9 Å². The molecule has 0 bridgehead atoms. The van der Waals surface area contributed by atoms with Gasteiger partial charge in [0, 0.05) is 37.9 Å². The van der Waals surface area contributed by atoms with E-state index in [2.05, 4.69) is 51.2 Å². The van der Waals surface area contributed by atoms with Crippen molar-refractivity contribution in [2.45, 2.75) is 62.8 Å². The second kappa shape index (κ2) is 11.0. The molecule has 2 saturated heterocycles. The molecule has 3 fully saturated rings. The van der Waals surface area contributed by atoms with Gasteiger partial charge in [0.1, 0.15) is 6.04 Å². The van der Waals surface area contributed by atoms with E-state index >= 15 is 0 Å². The molecule has 5 rings (SSSR count). The van der Waals surface area contributed by atoms with Gasteiger partial charge in [-0.3, -0.25) is 14.7 Å². The Kier molecular flexibility index (Phi) is 7.60. The maximum atomic E-state index is 12.4. The van der Waals surface area contributed by atoms with Gasteiger partial charge in [0.05, 0.1) is 0 Å². The van der Waals surface area contributed by atoms with E-state index in [1.807, 2.05) is 18.5 Å². The van der Waals surface area contributed by atoms with Gasteiger partial charge in [0.15, 0.2) is 0 Å². The first-order valence-electron chi connectivity index (χ1n) is 13.3. The highest BCUT2D eigenvalue weighted by Crippen LogP contribution is 2.39. The molecule has 1 aromatic carbocycles. The molecule has 2 aromatic rings. The average Bonchev–Trinajstić information content (AvgIpc) is 3.29. The summed E-state index contributed by atoms with van der Waals surface area (Å²) in [4.78, 5) is 21.7. The van der Waals surface area contributed by atoms with Crippen LogP contribution in [0.5, 0.6) is 0 Å². The van der Waals surface area contributed by atoms with E-state index in [4.69, 9.17) is 0 Å². The van der Waals surface area contributed by atoms with E-state index in [1.165, 1.54) is 43.2 Å². The smallest absolute Gasteiger partial charge is 0.321 e. The molecule has 3 aliphatic rings. The predicted molar refractivity (Wildman–Crippen MR) is 135 cm³/mol. The lowest BCUT2D eigenvalue weighted by molar-refractivity contribution is -0.145. The minimum Gasteiger partial charge on any atom is -0.480 e. The molecule has 0 spiro atoms. The number of piperidine rings is 1. The van der Waals surface area contributed by atoms with E-state index in [0.29, 0.717) is 23.7 Å². The van der Waals surface area contributed by atoms with Crippen molar-refractivity contribution >= 4 is 5.97 Å². The molecule has 1 saturated carbocycles. The minimum absolute atomic E-state index is 0.302. The molecular formula is C29H39N3O2. The number of carbonyl (C=O) groups is 1. The standard InChI is InChI=1S/C29H39N3O2/c33-29(34)28(24-10-5-2-6-11-24)32-20-26(27(21-32)23-8-3-1-4-9-23)19-31-16-13-22(14-17-31)25-12-7-15-30-18-25/h1,3-4,7-9,12,15,18,22,24,26-28H,2,5-6,10-11,13-14,16-17,19-21H2,(H,33,34)/t26-,27?,28+/m0/s1. The van der Waals surface area contributed by atoms with Crippen LogP contribution in [-0.4, -0.2) is 64.6 Å². The Morgan fingerprint density at radius 1 is 0.941 bits per heavy atom. The van der Waals surface area contributed by atoms with Gasteiger partial charge in [-0.1, -0.05) is 55.7 Å². The lowest BCUT2D eigenvalue weighted by atomic mass is 9.83. The lowest BCUT2D eigenvalue weighted by Gasteiger charge is -2.35. The summed E-state index contributed by atoms with van der Waals surface area (Å²) < 4.78 is 0. The molecule has 34 heavy (non-hydrogen) atoms. The summed E-state index contributed by atoms with van der Waals surface area (Å²) in [5.74, 6) is 1.18. The fraction of sp³-hybridized carbons (Fsp3) is 0.586. The number of carboxylic acid groups (broad SMARTS) is 1. The van der Waals surface area contributed by atoms with Gasteiger partial charge in [0.2, 0.25) is 0 Å². The van der Waals surface area contributed by atoms with Crippen molar-refractivity contribution in [3.63, 3.8) is 0 Å². The molecule has 3 atom stereocenters. The maximum Gasteiger partial charge on any atom is 0.321 e. The van der Waals surface area contributed by atoms with Crippen LogP contribution in [0.2, 0.25) is 0 Å². The number of rotatable bonds is 7. The van der Waals surface area contributed by atoms with Crippen molar-refractivity contribution in [1.29, 1.82) is 0 Å². The maximum absolute atomic E-state index is 12.4. The van der Waals surface area contributed by atoms with E-state index in [-0.39, 0.29) is 6.04 Å². The van der Waals surface area contributed by atoms with Crippen molar-refractivity contribution in [2.75, 3.05) is 32.7 Å². The third-order valence-corrected chi connectivity index (χ3v) is 8.68. The summed E-state index contributed by atoms with van der Waals surface area (Å²) in [6.45, 7) is 5.06. The Balaban J connectivity index is 1.28. The number of nitrogens with zero attached hydrogens (tertiary/aromatic N) is 3. The van der Waals surface area contributed by atoms with Gasteiger partial charge in [-0.15, -0.1) is 0 Å². The number of carboxylic acids is 1. The zero-order chi connectivity index (χ0) is 23.3. The highest BCUT2D eigenvalue weighted by atomic mass is 16.4. The van der Waals surface area contributed by atoms with Crippen molar-refractivity contribution in [2.24, 2.45) is 11.8 Å². The van der Waals surface area contributed by atoms with Crippen LogP contribution in [0.3, 0.4) is 0 Å². The van der Waals surface area contributed by atoms with Crippen LogP contribution < -0.4 is 0 Å². The number of pyridine rings is 1. The molecule has 182 valence electrons. The third-order valence-electron chi connectivity index (χ3n) is 8.68. The number of benzene rings is 1. The number of likely N-dealkylation sites (tertiary alicyclic amines) is 2. The quantitative estimate of drug-likeness (QED) is 0.628. The van der Waals surface area contributed by atoms with Gasteiger partial charge in [-0.25, -0.2) is 0 Å². The summed E-state index contributed by atoms with van der Waals surface area (Å²) in [6.07, 6.45) is 12.0. The topological polar surface area (TPSA) is 56.7 Å². The zero-order valence-corrected chi connectivity index (χ0v) is 20.3. The van der Waals surface area contributed by atoms with Gasteiger partial charge in [-0.2, -0.15) is 0 Å². The Morgan fingerprint density at radius 3 is 2.35 bits per heavy atom. The first kappa shape index (κ1) is 23.5. The monoisotopic (exact) mass is 461 g/mol. The van der Waals surface area contributed by atoms with Crippen LogP contribution >= 0.6 is 0 Å². The highest BCUT2D eigenvalue weighted by molar-refractivity contribution is 5.74. The van der Waals surface area contributed by atoms with E-state index in [0.717, 1.165) is 45.6 Å². The van der Waals surface area contributed by atoms with Crippen LogP contribution in [0, 0.1) is 11.8 Å². The summed E-state index contributed by atoms with van der Waals surface area (Å²) in [5, 5.41) is 10.2. The molecule has 0 amide bonds.